The minimum Gasteiger partial charge on any atom is -0.480 e. The van der Waals surface area contributed by atoms with Crippen LogP contribution in [0, 0.1) is 0 Å². The van der Waals surface area contributed by atoms with Crippen LogP contribution in [0.15, 0.2) is 12.1 Å². The molecule has 0 aliphatic heterocycles. The predicted molar refractivity (Wildman–Crippen MR) is 73.8 cm³/mol. The van der Waals surface area contributed by atoms with Crippen LogP contribution in [0.1, 0.15) is 18.4 Å². The van der Waals surface area contributed by atoms with Crippen molar-refractivity contribution < 1.29 is 14.3 Å². The van der Waals surface area contributed by atoms with Gasteiger partial charge in [-0.05, 0) is 25.0 Å². The molecule has 0 heterocycles. The molecular formula is C13H15Cl2NO3. The molecule has 1 aromatic carbocycles. The van der Waals surface area contributed by atoms with Crippen molar-refractivity contribution in [2.24, 2.45) is 0 Å². The molecule has 0 radical (unpaired) electrons. The lowest BCUT2D eigenvalue weighted by atomic mass is 10.2. The summed E-state index contributed by atoms with van der Waals surface area (Å²) < 4.78 is 9.96. The molecule has 0 amide bonds. The summed E-state index contributed by atoms with van der Waals surface area (Å²) in [5.74, 6) is 0.0248. The molecule has 104 valence electrons. The third kappa shape index (κ3) is 4.27. The van der Waals surface area contributed by atoms with Crippen LogP contribution < -0.4 is 10.1 Å². The van der Waals surface area contributed by atoms with E-state index in [9.17, 15) is 4.79 Å². The third-order valence-electron chi connectivity index (χ3n) is 2.81. The molecule has 0 saturated heterocycles. The number of nitrogens with one attached hydrogen (secondary N) is 1. The molecule has 1 saturated carbocycles. The Hall–Kier alpha value is -0.970. The predicted octanol–water partition coefficient (Wildman–Crippen LogP) is 2.80. The standard InChI is InChI=1S/C13H15Cl2NO3/c1-18-12(17)7-19-13-8(6-16-10-2-3-10)4-9(14)5-11(13)15/h4-5,10,16H,2-3,6-7H2,1H3. The van der Waals surface area contributed by atoms with Crippen molar-refractivity contribution in [1.82, 2.24) is 5.32 Å². The topological polar surface area (TPSA) is 47.6 Å². The van der Waals surface area contributed by atoms with Crippen molar-refractivity contribution >= 4 is 29.2 Å². The number of benzene rings is 1. The van der Waals surface area contributed by atoms with Gasteiger partial charge in [0.15, 0.2) is 6.61 Å². The van der Waals surface area contributed by atoms with Gasteiger partial charge in [0.1, 0.15) is 5.75 Å². The molecule has 1 aliphatic rings. The molecule has 0 aromatic heterocycles. The van der Waals surface area contributed by atoms with E-state index in [0.717, 1.165) is 5.56 Å². The normalized spacial score (nSPS) is 14.3. The van der Waals surface area contributed by atoms with Gasteiger partial charge in [-0.1, -0.05) is 23.2 Å². The first-order valence-corrected chi connectivity index (χ1v) is 6.76. The van der Waals surface area contributed by atoms with E-state index < -0.39 is 5.97 Å². The highest BCUT2D eigenvalue weighted by atomic mass is 35.5. The average Bonchev–Trinajstić information content (AvgIpc) is 3.18. The van der Waals surface area contributed by atoms with E-state index >= 15 is 0 Å². The van der Waals surface area contributed by atoms with E-state index in [1.807, 2.05) is 0 Å². The summed E-state index contributed by atoms with van der Waals surface area (Å²) in [6, 6.07) is 3.94. The van der Waals surface area contributed by atoms with E-state index in [0.29, 0.717) is 28.4 Å². The number of hydrogen-bond acceptors (Lipinski definition) is 4. The first-order valence-electron chi connectivity index (χ1n) is 6.01. The van der Waals surface area contributed by atoms with Crippen LogP contribution in [0.4, 0.5) is 0 Å². The summed E-state index contributed by atoms with van der Waals surface area (Å²) in [6.07, 6.45) is 2.37. The zero-order chi connectivity index (χ0) is 13.8. The molecule has 0 atom stereocenters. The number of ether oxygens (including phenoxy) is 2. The van der Waals surface area contributed by atoms with E-state index in [2.05, 4.69) is 10.1 Å². The molecule has 1 fully saturated rings. The van der Waals surface area contributed by atoms with Crippen LogP contribution in [0.3, 0.4) is 0 Å². The lowest BCUT2D eigenvalue weighted by Gasteiger charge is -2.13. The highest BCUT2D eigenvalue weighted by Crippen LogP contribution is 2.33. The van der Waals surface area contributed by atoms with Gasteiger partial charge < -0.3 is 14.8 Å². The number of carbonyl (C=O) groups excluding carboxylic acids is 1. The first-order chi connectivity index (χ1) is 9.10. The first kappa shape index (κ1) is 14.4. The minimum atomic E-state index is -0.452. The summed E-state index contributed by atoms with van der Waals surface area (Å²) in [7, 11) is 1.31. The van der Waals surface area contributed by atoms with Gasteiger partial charge in [0.05, 0.1) is 12.1 Å². The van der Waals surface area contributed by atoms with Gasteiger partial charge in [-0.15, -0.1) is 0 Å². The van der Waals surface area contributed by atoms with Crippen LogP contribution in [-0.4, -0.2) is 25.7 Å². The van der Waals surface area contributed by atoms with Gasteiger partial charge in [-0.2, -0.15) is 0 Å². The fourth-order valence-corrected chi connectivity index (χ4v) is 2.23. The van der Waals surface area contributed by atoms with Crippen LogP contribution in [0.2, 0.25) is 10.0 Å². The van der Waals surface area contributed by atoms with E-state index in [1.54, 1.807) is 12.1 Å². The second-order valence-corrected chi connectivity index (χ2v) is 5.24. The molecule has 1 N–H and O–H groups in total. The van der Waals surface area contributed by atoms with Gasteiger partial charge >= 0.3 is 5.97 Å². The maximum absolute atomic E-state index is 11.1. The molecular weight excluding hydrogens is 289 g/mol. The largest absolute Gasteiger partial charge is 0.480 e. The summed E-state index contributed by atoms with van der Waals surface area (Å²) >= 11 is 12.1. The molecule has 4 nitrogen and oxygen atoms in total. The van der Waals surface area contributed by atoms with E-state index in [4.69, 9.17) is 27.9 Å². The Bertz CT molecular complexity index is 475. The van der Waals surface area contributed by atoms with Crippen LogP contribution >= 0.6 is 23.2 Å². The molecule has 6 heteroatoms. The fraction of sp³-hybridized carbons (Fsp3) is 0.462. The second kappa shape index (κ2) is 6.46. The molecule has 0 bridgehead atoms. The third-order valence-corrected chi connectivity index (χ3v) is 3.30. The Morgan fingerprint density at radius 1 is 1.42 bits per heavy atom. The van der Waals surface area contributed by atoms with Crippen molar-refractivity contribution in [3.63, 3.8) is 0 Å². The highest BCUT2D eigenvalue weighted by Gasteiger charge is 2.21. The Morgan fingerprint density at radius 3 is 2.79 bits per heavy atom. The average molecular weight is 304 g/mol. The smallest absolute Gasteiger partial charge is 0.343 e. The van der Waals surface area contributed by atoms with Crippen LogP contribution in [0.25, 0.3) is 0 Å². The van der Waals surface area contributed by atoms with Crippen molar-refractivity contribution in [3.8, 4) is 5.75 Å². The number of hydrogen-bond donors (Lipinski definition) is 1. The van der Waals surface area contributed by atoms with Crippen LogP contribution in [-0.2, 0) is 16.1 Å². The molecule has 1 aliphatic carbocycles. The van der Waals surface area contributed by atoms with Gasteiger partial charge in [0.2, 0.25) is 0 Å². The Kier molecular flexibility index (Phi) is 4.91. The van der Waals surface area contributed by atoms with Crippen molar-refractivity contribution in [2.75, 3.05) is 13.7 Å². The molecule has 0 unspecified atom stereocenters. The van der Waals surface area contributed by atoms with Gasteiger partial charge in [0, 0.05) is 23.2 Å². The van der Waals surface area contributed by atoms with Gasteiger partial charge in [0.25, 0.3) is 0 Å². The van der Waals surface area contributed by atoms with Gasteiger partial charge in [-0.25, -0.2) is 4.79 Å². The number of halogens is 2. The zero-order valence-electron chi connectivity index (χ0n) is 10.5. The second-order valence-electron chi connectivity index (χ2n) is 4.40. The number of methoxy groups -OCH3 is 1. The summed E-state index contributed by atoms with van der Waals surface area (Å²) in [6.45, 7) is 0.440. The minimum absolute atomic E-state index is 0.172. The lowest BCUT2D eigenvalue weighted by molar-refractivity contribution is -0.142. The van der Waals surface area contributed by atoms with Crippen molar-refractivity contribution in [2.45, 2.75) is 25.4 Å². The monoisotopic (exact) mass is 303 g/mol. The number of esters is 1. The van der Waals surface area contributed by atoms with Gasteiger partial charge in [-0.3, -0.25) is 0 Å². The Balaban J connectivity index is 2.10. The summed E-state index contributed by atoms with van der Waals surface area (Å²) in [4.78, 5) is 11.1. The van der Waals surface area contributed by atoms with Crippen molar-refractivity contribution in [1.29, 1.82) is 0 Å². The fourth-order valence-electron chi connectivity index (χ4n) is 1.64. The molecule has 0 spiro atoms. The SMILES string of the molecule is COC(=O)COc1c(Cl)cc(Cl)cc1CNC1CC1. The molecule has 19 heavy (non-hydrogen) atoms. The van der Waals surface area contributed by atoms with Crippen molar-refractivity contribution in [3.05, 3.63) is 27.7 Å². The maximum atomic E-state index is 11.1. The molecule has 2 rings (SSSR count). The number of rotatable bonds is 6. The summed E-state index contributed by atoms with van der Waals surface area (Å²) in [5.41, 5.74) is 0.841. The van der Waals surface area contributed by atoms with E-state index in [1.165, 1.54) is 20.0 Å². The maximum Gasteiger partial charge on any atom is 0.343 e. The highest BCUT2D eigenvalue weighted by molar-refractivity contribution is 6.35. The quantitative estimate of drug-likeness (QED) is 0.821. The van der Waals surface area contributed by atoms with Crippen LogP contribution in [0.5, 0.6) is 5.75 Å². The lowest BCUT2D eigenvalue weighted by Crippen LogP contribution is -2.18. The summed E-state index contributed by atoms with van der Waals surface area (Å²) in [5, 5.41) is 4.29. The Labute approximate surface area is 122 Å². The Morgan fingerprint density at radius 2 is 2.16 bits per heavy atom. The molecule has 1 aromatic rings. The number of carbonyl (C=O) groups is 1. The van der Waals surface area contributed by atoms with E-state index in [-0.39, 0.29) is 6.61 Å². The zero-order valence-corrected chi connectivity index (χ0v) is 12.1.